The van der Waals surface area contributed by atoms with Gasteiger partial charge in [0.1, 0.15) is 6.26 Å². The second-order valence-corrected chi connectivity index (χ2v) is 4.41. The lowest BCUT2D eigenvalue weighted by Crippen LogP contribution is -2.13. The molecule has 1 aromatic heterocycles. The Morgan fingerprint density at radius 3 is 2.60 bits per heavy atom. The van der Waals surface area contributed by atoms with E-state index in [9.17, 15) is 8.42 Å². The van der Waals surface area contributed by atoms with E-state index < -0.39 is 10.0 Å². The number of aromatic nitrogens is 1. The van der Waals surface area contributed by atoms with Gasteiger partial charge in [-0.3, -0.25) is 0 Å². The van der Waals surface area contributed by atoms with Crippen molar-refractivity contribution in [1.82, 2.24) is 4.98 Å². The highest BCUT2D eigenvalue weighted by molar-refractivity contribution is 7.89. The zero-order valence-electron chi connectivity index (χ0n) is 7.62. The van der Waals surface area contributed by atoms with Crippen LogP contribution in [-0.2, 0) is 10.0 Å². The number of primary sulfonamides is 1. The monoisotopic (exact) mass is 224 g/mol. The Hall–Kier alpha value is -1.66. The third-order valence-corrected chi connectivity index (χ3v) is 2.83. The lowest BCUT2D eigenvalue weighted by atomic mass is 10.2. The highest BCUT2D eigenvalue weighted by Crippen LogP contribution is 2.24. The Balaban J connectivity index is 2.68. The molecule has 78 valence electrons. The zero-order chi connectivity index (χ0) is 10.9. The molecule has 2 rings (SSSR count). The Bertz CT molecular complexity index is 561. The van der Waals surface area contributed by atoms with Crippen molar-refractivity contribution in [3.05, 3.63) is 36.7 Å². The molecule has 0 aliphatic heterocycles. The van der Waals surface area contributed by atoms with Gasteiger partial charge in [-0.05, 0) is 12.1 Å². The smallest absolute Gasteiger partial charge is 0.238 e. The summed E-state index contributed by atoms with van der Waals surface area (Å²) >= 11 is 0. The maximum Gasteiger partial charge on any atom is 0.238 e. The summed E-state index contributed by atoms with van der Waals surface area (Å²) in [5.41, 5.74) is 0.366. The van der Waals surface area contributed by atoms with Crippen molar-refractivity contribution in [2.24, 2.45) is 5.14 Å². The Labute approximate surface area is 86.6 Å². The van der Waals surface area contributed by atoms with Gasteiger partial charge in [-0.25, -0.2) is 18.5 Å². The number of benzene rings is 1. The van der Waals surface area contributed by atoms with Gasteiger partial charge in [-0.2, -0.15) is 0 Å². The molecule has 0 spiro atoms. The van der Waals surface area contributed by atoms with E-state index in [2.05, 4.69) is 4.98 Å². The average molecular weight is 224 g/mol. The molecule has 6 heteroatoms. The van der Waals surface area contributed by atoms with Crippen LogP contribution in [0.3, 0.4) is 0 Å². The lowest BCUT2D eigenvalue weighted by molar-refractivity contribution is 0.570. The van der Waals surface area contributed by atoms with Crippen molar-refractivity contribution in [2.75, 3.05) is 0 Å². The Kier molecular flexibility index (Phi) is 2.29. The molecule has 0 amide bonds. The van der Waals surface area contributed by atoms with E-state index in [1.807, 2.05) is 0 Å². The summed E-state index contributed by atoms with van der Waals surface area (Å²) in [6.07, 6.45) is 2.81. The van der Waals surface area contributed by atoms with Gasteiger partial charge in [0.2, 0.25) is 15.9 Å². The van der Waals surface area contributed by atoms with Crippen LogP contribution in [0.2, 0.25) is 0 Å². The Morgan fingerprint density at radius 2 is 2.00 bits per heavy atom. The molecule has 0 atom stereocenters. The molecule has 0 aliphatic carbocycles. The normalized spacial score (nSPS) is 11.5. The number of nitrogens with two attached hydrogens (primary N) is 1. The molecule has 0 aliphatic rings. The highest BCUT2D eigenvalue weighted by atomic mass is 32.2. The molecule has 0 saturated heterocycles. The summed E-state index contributed by atoms with van der Waals surface area (Å²) in [5.74, 6) is 0.236. The van der Waals surface area contributed by atoms with E-state index in [1.165, 1.54) is 18.5 Å². The molecule has 15 heavy (non-hydrogen) atoms. The van der Waals surface area contributed by atoms with E-state index in [1.54, 1.807) is 18.2 Å². The third-order valence-electron chi connectivity index (χ3n) is 1.86. The number of hydrogen-bond donors (Lipinski definition) is 1. The van der Waals surface area contributed by atoms with Crippen LogP contribution >= 0.6 is 0 Å². The first kappa shape index (κ1) is 9.88. The van der Waals surface area contributed by atoms with E-state index in [4.69, 9.17) is 9.56 Å². The predicted molar refractivity (Wildman–Crippen MR) is 53.3 cm³/mol. The molecule has 0 saturated carbocycles. The van der Waals surface area contributed by atoms with Crippen LogP contribution < -0.4 is 5.14 Å². The summed E-state index contributed by atoms with van der Waals surface area (Å²) in [5, 5.41) is 5.07. The second kappa shape index (κ2) is 3.48. The third kappa shape index (κ3) is 1.90. The Morgan fingerprint density at radius 1 is 1.27 bits per heavy atom. The predicted octanol–water partition coefficient (Wildman–Crippen LogP) is 0.989. The van der Waals surface area contributed by atoms with Crippen molar-refractivity contribution >= 4 is 10.0 Å². The first-order valence-electron chi connectivity index (χ1n) is 4.11. The molecular weight excluding hydrogens is 216 g/mol. The van der Waals surface area contributed by atoms with E-state index >= 15 is 0 Å². The highest BCUT2D eigenvalue weighted by Gasteiger charge is 2.16. The topological polar surface area (TPSA) is 86.2 Å². The fourth-order valence-corrected chi connectivity index (χ4v) is 1.98. The number of rotatable bonds is 2. The van der Waals surface area contributed by atoms with Gasteiger partial charge in [0.05, 0.1) is 16.7 Å². The lowest BCUT2D eigenvalue weighted by Gasteiger charge is -2.02. The van der Waals surface area contributed by atoms with Gasteiger partial charge in [0, 0.05) is 0 Å². The number of hydrogen-bond acceptors (Lipinski definition) is 4. The SMILES string of the molecule is NS(=O)(=O)c1ccccc1-c1ncco1. The van der Waals surface area contributed by atoms with Crippen LogP contribution in [0.5, 0.6) is 0 Å². The molecule has 0 bridgehead atoms. The first-order valence-corrected chi connectivity index (χ1v) is 5.65. The molecule has 2 aromatic rings. The molecule has 1 aromatic carbocycles. The summed E-state index contributed by atoms with van der Waals surface area (Å²) in [6.45, 7) is 0. The first-order chi connectivity index (χ1) is 7.09. The van der Waals surface area contributed by atoms with E-state index in [-0.39, 0.29) is 10.8 Å². The molecule has 5 nitrogen and oxygen atoms in total. The quantitative estimate of drug-likeness (QED) is 0.824. The summed E-state index contributed by atoms with van der Waals surface area (Å²) in [4.78, 5) is 3.88. The van der Waals surface area contributed by atoms with Gasteiger partial charge in [-0.1, -0.05) is 12.1 Å². The van der Waals surface area contributed by atoms with Crippen molar-refractivity contribution in [2.45, 2.75) is 4.90 Å². The average Bonchev–Trinajstić information content (AvgIpc) is 2.69. The molecule has 2 N–H and O–H groups in total. The van der Waals surface area contributed by atoms with Crippen LogP contribution in [0.4, 0.5) is 0 Å². The van der Waals surface area contributed by atoms with E-state index in [0.717, 1.165) is 0 Å². The van der Waals surface area contributed by atoms with Crippen LogP contribution in [0.25, 0.3) is 11.5 Å². The van der Waals surface area contributed by atoms with Gasteiger partial charge in [-0.15, -0.1) is 0 Å². The fourth-order valence-electron chi connectivity index (χ4n) is 1.25. The second-order valence-electron chi connectivity index (χ2n) is 2.88. The molecule has 1 heterocycles. The van der Waals surface area contributed by atoms with Gasteiger partial charge in [0.15, 0.2) is 0 Å². The standard InChI is InChI=1S/C9H8N2O3S/c10-15(12,13)8-4-2-1-3-7(8)9-11-5-6-14-9/h1-6H,(H2,10,12,13). The van der Waals surface area contributed by atoms with Crippen LogP contribution in [-0.4, -0.2) is 13.4 Å². The summed E-state index contributed by atoms with van der Waals surface area (Å²) in [7, 11) is -3.76. The van der Waals surface area contributed by atoms with E-state index in [0.29, 0.717) is 5.56 Å². The van der Waals surface area contributed by atoms with Gasteiger partial charge >= 0.3 is 0 Å². The molecular formula is C9H8N2O3S. The minimum absolute atomic E-state index is 0.00690. The van der Waals surface area contributed by atoms with Crippen LogP contribution in [0.1, 0.15) is 0 Å². The molecule has 0 fully saturated rings. The van der Waals surface area contributed by atoms with Crippen molar-refractivity contribution < 1.29 is 12.8 Å². The number of oxazole rings is 1. The van der Waals surface area contributed by atoms with Gasteiger partial charge in [0.25, 0.3) is 0 Å². The van der Waals surface area contributed by atoms with Crippen molar-refractivity contribution in [3.63, 3.8) is 0 Å². The fraction of sp³-hybridized carbons (Fsp3) is 0. The number of nitrogens with zero attached hydrogens (tertiary/aromatic N) is 1. The molecule has 0 radical (unpaired) electrons. The minimum Gasteiger partial charge on any atom is -0.444 e. The van der Waals surface area contributed by atoms with Crippen molar-refractivity contribution in [1.29, 1.82) is 0 Å². The zero-order valence-corrected chi connectivity index (χ0v) is 8.44. The van der Waals surface area contributed by atoms with Gasteiger partial charge < -0.3 is 4.42 Å². The van der Waals surface area contributed by atoms with Crippen LogP contribution in [0.15, 0.2) is 46.0 Å². The van der Waals surface area contributed by atoms with Crippen LogP contribution in [0, 0.1) is 0 Å². The number of sulfonamides is 1. The summed E-state index contributed by atoms with van der Waals surface area (Å²) in [6, 6.07) is 6.28. The maximum absolute atomic E-state index is 11.3. The molecule has 0 unspecified atom stereocenters. The maximum atomic E-state index is 11.3. The largest absolute Gasteiger partial charge is 0.444 e. The van der Waals surface area contributed by atoms with Crippen molar-refractivity contribution in [3.8, 4) is 11.5 Å². The summed E-state index contributed by atoms with van der Waals surface area (Å²) < 4.78 is 27.5. The minimum atomic E-state index is -3.76.